The van der Waals surface area contributed by atoms with Gasteiger partial charge in [0.1, 0.15) is 6.04 Å². The highest BCUT2D eigenvalue weighted by Crippen LogP contribution is 2.35. The molecule has 1 saturated heterocycles. The number of carbonyl (C=O) groups excluding carboxylic acids is 1. The summed E-state index contributed by atoms with van der Waals surface area (Å²) in [5, 5.41) is 12.1. The van der Waals surface area contributed by atoms with Crippen molar-refractivity contribution in [2.24, 2.45) is 5.41 Å². The fourth-order valence-electron chi connectivity index (χ4n) is 2.42. The fourth-order valence-corrected chi connectivity index (χ4v) is 2.42. The van der Waals surface area contributed by atoms with Crippen molar-refractivity contribution in [2.45, 2.75) is 45.7 Å². The minimum Gasteiger partial charge on any atom is -0.480 e. The van der Waals surface area contributed by atoms with Crippen LogP contribution in [0, 0.1) is 5.41 Å². The molecule has 0 spiro atoms. The quantitative estimate of drug-likeness (QED) is 0.755. The molecule has 0 radical (unpaired) electrons. The molecule has 0 aromatic heterocycles. The number of piperidine rings is 1. The zero-order valence-corrected chi connectivity index (χ0v) is 11.3. The molecule has 5 nitrogen and oxygen atoms in total. The third-order valence-corrected chi connectivity index (χ3v) is 3.47. The average Bonchev–Trinajstić information content (AvgIpc) is 2.26. The highest BCUT2D eigenvalue weighted by Gasteiger charge is 2.44. The molecule has 5 heteroatoms. The molecule has 2 amide bonds. The lowest BCUT2D eigenvalue weighted by Crippen LogP contribution is -2.59. The molecule has 0 saturated carbocycles. The van der Waals surface area contributed by atoms with Crippen LogP contribution in [0.1, 0.15) is 33.6 Å². The normalized spacial score (nSPS) is 24.2. The monoisotopic (exact) mass is 254 g/mol. The molecule has 102 valence electrons. The van der Waals surface area contributed by atoms with Gasteiger partial charge in [0.05, 0.1) is 0 Å². The zero-order chi connectivity index (χ0) is 13.9. The first-order valence-electron chi connectivity index (χ1n) is 6.22. The van der Waals surface area contributed by atoms with E-state index >= 15 is 0 Å². The molecule has 1 fully saturated rings. The Balaban J connectivity index is 2.87. The van der Waals surface area contributed by atoms with Gasteiger partial charge in [0, 0.05) is 12.6 Å². The maximum Gasteiger partial charge on any atom is 0.327 e. The van der Waals surface area contributed by atoms with E-state index in [1.807, 2.05) is 13.8 Å². The Labute approximate surface area is 108 Å². The van der Waals surface area contributed by atoms with E-state index < -0.39 is 17.4 Å². The number of carboxylic acid groups (broad SMARTS) is 1. The van der Waals surface area contributed by atoms with Crippen LogP contribution in [0.5, 0.6) is 0 Å². The number of rotatable bonds is 3. The van der Waals surface area contributed by atoms with Crippen LogP contribution in [-0.4, -0.2) is 40.6 Å². The lowest BCUT2D eigenvalue weighted by Gasteiger charge is -2.44. The maximum absolute atomic E-state index is 12.1. The molecular weight excluding hydrogens is 232 g/mol. The van der Waals surface area contributed by atoms with Crippen LogP contribution in [-0.2, 0) is 4.79 Å². The number of hydrogen-bond acceptors (Lipinski definition) is 2. The topological polar surface area (TPSA) is 69.6 Å². The summed E-state index contributed by atoms with van der Waals surface area (Å²) >= 11 is 0. The van der Waals surface area contributed by atoms with E-state index in [0.717, 1.165) is 12.8 Å². The Morgan fingerprint density at radius 1 is 1.56 bits per heavy atom. The van der Waals surface area contributed by atoms with Crippen molar-refractivity contribution in [3.8, 4) is 0 Å². The second-order valence-corrected chi connectivity index (χ2v) is 5.50. The van der Waals surface area contributed by atoms with Gasteiger partial charge < -0.3 is 15.3 Å². The number of aliphatic carboxylic acids is 1. The van der Waals surface area contributed by atoms with Crippen molar-refractivity contribution < 1.29 is 14.7 Å². The molecule has 0 aromatic carbocycles. The van der Waals surface area contributed by atoms with Crippen molar-refractivity contribution in [3.63, 3.8) is 0 Å². The van der Waals surface area contributed by atoms with E-state index in [1.165, 1.54) is 4.90 Å². The summed E-state index contributed by atoms with van der Waals surface area (Å²) in [5.41, 5.74) is -0.404. The first-order valence-corrected chi connectivity index (χ1v) is 6.22. The van der Waals surface area contributed by atoms with E-state index in [-0.39, 0.29) is 12.1 Å². The van der Waals surface area contributed by atoms with Gasteiger partial charge in [-0.3, -0.25) is 0 Å². The van der Waals surface area contributed by atoms with E-state index in [1.54, 1.807) is 13.0 Å². The van der Waals surface area contributed by atoms with E-state index in [0.29, 0.717) is 6.54 Å². The van der Waals surface area contributed by atoms with E-state index in [2.05, 4.69) is 11.9 Å². The number of likely N-dealkylation sites (tertiary alicyclic amines) is 1. The summed E-state index contributed by atoms with van der Waals surface area (Å²) in [6, 6.07) is -1.28. The highest BCUT2D eigenvalue weighted by molar-refractivity contribution is 5.83. The first kappa shape index (κ1) is 14.5. The number of carbonyl (C=O) groups is 2. The van der Waals surface area contributed by atoms with E-state index in [9.17, 15) is 14.7 Å². The summed E-state index contributed by atoms with van der Waals surface area (Å²) < 4.78 is 0. The van der Waals surface area contributed by atoms with E-state index in [4.69, 9.17) is 0 Å². The average molecular weight is 254 g/mol. The standard InChI is InChI=1S/C13H22N2O3/c1-5-9(2)14-12(18)15-8-6-7-13(3,4)10(15)11(16)17/h5,9-10H,1,6-8H2,2-4H3,(H,14,18)(H,16,17). The number of amides is 2. The number of nitrogens with zero attached hydrogens (tertiary/aromatic N) is 1. The summed E-state index contributed by atoms with van der Waals surface area (Å²) in [6.07, 6.45) is 3.25. The third kappa shape index (κ3) is 3.03. The Kier molecular flexibility index (Phi) is 4.38. The highest BCUT2D eigenvalue weighted by atomic mass is 16.4. The lowest BCUT2D eigenvalue weighted by molar-refractivity contribution is -0.148. The molecule has 2 atom stereocenters. The molecule has 2 N–H and O–H groups in total. The Morgan fingerprint density at radius 3 is 2.67 bits per heavy atom. The summed E-state index contributed by atoms with van der Waals surface area (Å²) in [4.78, 5) is 24.9. The van der Waals surface area contributed by atoms with Gasteiger partial charge in [0.15, 0.2) is 0 Å². The summed E-state index contributed by atoms with van der Waals surface area (Å²) in [5.74, 6) is -0.943. The van der Waals surface area contributed by atoms with Crippen LogP contribution in [0.15, 0.2) is 12.7 Å². The molecule has 1 aliphatic rings. The number of hydrogen-bond donors (Lipinski definition) is 2. The van der Waals surface area contributed by atoms with Crippen LogP contribution in [0.25, 0.3) is 0 Å². The van der Waals surface area contributed by atoms with Gasteiger partial charge in [0.25, 0.3) is 0 Å². The SMILES string of the molecule is C=CC(C)NC(=O)N1CCCC(C)(C)C1C(=O)O. The summed E-state index contributed by atoms with van der Waals surface area (Å²) in [7, 11) is 0. The van der Waals surface area contributed by atoms with Gasteiger partial charge in [-0.1, -0.05) is 19.9 Å². The molecule has 0 aromatic rings. The van der Waals surface area contributed by atoms with Crippen LogP contribution in [0.3, 0.4) is 0 Å². The van der Waals surface area contributed by atoms with Crippen LogP contribution >= 0.6 is 0 Å². The van der Waals surface area contributed by atoms with Gasteiger partial charge >= 0.3 is 12.0 Å². The minimum atomic E-state index is -0.943. The van der Waals surface area contributed by atoms with Crippen LogP contribution < -0.4 is 5.32 Å². The summed E-state index contributed by atoms with van der Waals surface area (Å²) in [6.45, 7) is 9.66. The fraction of sp³-hybridized carbons (Fsp3) is 0.692. The van der Waals surface area contributed by atoms with Crippen molar-refractivity contribution in [1.82, 2.24) is 10.2 Å². The molecule has 0 bridgehead atoms. The van der Waals surface area contributed by atoms with Crippen molar-refractivity contribution in [2.75, 3.05) is 6.54 Å². The Bertz CT molecular complexity index is 352. The zero-order valence-electron chi connectivity index (χ0n) is 11.3. The molecule has 1 heterocycles. The molecule has 18 heavy (non-hydrogen) atoms. The van der Waals surface area contributed by atoms with Gasteiger partial charge in [-0.15, -0.1) is 6.58 Å². The van der Waals surface area contributed by atoms with Gasteiger partial charge in [-0.25, -0.2) is 9.59 Å². The van der Waals surface area contributed by atoms with Gasteiger partial charge in [0.2, 0.25) is 0 Å². The largest absolute Gasteiger partial charge is 0.480 e. The molecule has 0 aliphatic carbocycles. The second kappa shape index (κ2) is 5.42. The predicted molar refractivity (Wildman–Crippen MR) is 69.3 cm³/mol. The number of nitrogens with one attached hydrogen (secondary N) is 1. The molecule has 2 unspecified atom stereocenters. The molecule has 1 rings (SSSR count). The van der Waals surface area contributed by atoms with Crippen molar-refractivity contribution >= 4 is 12.0 Å². The number of carboxylic acids is 1. The lowest BCUT2D eigenvalue weighted by atomic mass is 9.76. The first-order chi connectivity index (χ1) is 8.29. The third-order valence-electron chi connectivity index (χ3n) is 3.47. The maximum atomic E-state index is 12.1. The molecule has 1 aliphatic heterocycles. The van der Waals surface area contributed by atoms with Crippen molar-refractivity contribution in [1.29, 1.82) is 0 Å². The second-order valence-electron chi connectivity index (χ2n) is 5.50. The van der Waals surface area contributed by atoms with Gasteiger partial charge in [-0.2, -0.15) is 0 Å². The smallest absolute Gasteiger partial charge is 0.327 e. The van der Waals surface area contributed by atoms with Gasteiger partial charge in [-0.05, 0) is 25.2 Å². The molecular formula is C13H22N2O3. The predicted octanol–water partition coefficient (Wildman–Crippen LogP) is 1.85. The number of urea groups is 1. The van der Waals surface area contributed by atoms with Crippen LogP contribution in [0.2, 0.25) is 0 Å². The Morgan fingerprint density at radius 2 is 2.17 bits per heavy atom. The van der Waals surface area contributed by atoms with Crippen LogP contribution in [0.4, 0.5) is 4.79 Å². The Hall–Kier alpha value is -1.52. The minimum absolute atomic E-state index is 0.169. The van der Waals surface area contributed by atoms with Crippen molar-refractivity contribution in [3.05, 3.63) is 12.7 Å².